The quantitative estimate of drug-likeness (QED) is 0.594. The second-order valence-corrected chi connectivity index (χ2v) is 10.1. The fraction of sp³-hybridized carbons (Fsp3) is 0.481. The van der Waals surface area contributed by atoms with Crippen LogP contribution in [-0.2, 0) is 4.79 Å². The van der Waals surface area contributed by atoms with Crippen molar-refractivity contribution < 1.29 is 23.8 Å². The first-order chi connectivity index (χ1) is 16.4. The average Bonchev–Trinajstić information content (AvgIpc) is 2.83. The van der Waals surface area contributed by atoms with Crippen molar-refractivity contribution in [3.05, 3.63) is 42.0 Å². The van der Waals surface area contributed by atoms with Gasteiger partial charge >= 0.3 is 0 Å². The molecule has 4 bridgehead atoms. The number of rotatable bonds is 7. The molecule has 4 aliphatic rings. The van der Waals surface area contributed by atoms with E-state index in [4.69, 9.17) is 14.2 Å². The van der Waals surface area contributed by atoms with Gasteiger partial charge in [-0.05, 0) is 92.7 Å². The molecule has 0 aliphatic heterocycles. The number of ether oxygens (including phenoxy) is 3. The molecule has 7 nitrogen and oxygen atoms in total. The smallest absolute Gasteiger partial charge is 0.255 e. The number of hydrogen-bond donors (Lipinski definition) is 2. The lowest BCUT2D eigenvalue weighted by Gasteiger charge is -2.55. The molecule has 4 saturated carbocycles. The molecule has 0 spiro atoms. The van der Waals surface area contributed by atoms with Crippen LogP contribution in [0.15, 0.2) is 36.4 Å². The van der Waals surface area contributed by atoms with Gasteiger partial charge in [0.15, 0.2) is 11.5 Å². The predicted molar refractivity (Wildman–Crippen MR) is 130 cm³/mol. The topological polar surface area (TPSA) is 85.9 Å². The number of hydrogen-bond acceptors (Lipinski definition) is 5. The van der Waals surface area contributed by atoms with Crippen molar-refractivity contribution in [1.82, 2.24) is 0 Å². The number of amides is 2. The summed E-state index contributed by atoms with van der Waals surface area (Å²) in [5.74, 6) is 3.30. The Morgan fingerprint density at radius 2 is 1.24 bits per heavy atom. The van der Waals surface area contributed by atoms with Crippen molar-refractivity contribution in [2.24, 2.45) is 23.2 Å². The Kier molecular flexibility index (Phi) is 5.88. The minimum atomic E-state index is -0.301. The SMILES string of the molecule is COc1cc(C(=O)Nc2ccc(NC(=O)C34CC5CC(CC(C5)C3)C4)cc2)cc(OC)c1OC. The van der Waals surface area contributed by atoms with Crippen LogP contribution in [0.4, 0.5) is 11.4 Å². The Bertz CT molecular complexity index is 1030. The molecule has 6 rings (SSSR count). The van der Waals surface area contributed by atoms with Crippen LogP contribution in [0.5, 0.6) is 17.2 Å². The van der Waals surface area contributed by atoms with Crippen molar-refractivity contribution in [3.63, 3.8) is 0 Å². The number of benzene rings is 2. The van der Waals surface area contributed by atoms with Crippen molar-refractivity contribution in [1.29, 1.82) is 0 Å². The first-order valence-electron chi connectivity index (χ1n) is 12.0. The summed E-state index contributed by atoms with van der Waals surface area (Å²) in [6, 6.07) is 10.5. The second-order valence-electron chi connectivity index (χ2n) is 10.1. The van der Waals surface area contributed by atoms with Crippen molar-refractivity contribution in [3.8, 4) is 17.2 Å². The summed E-state index contributed by atoms with van der Waals surface area (Å²) >= 11 is 0. The third kappa shape index (κ3) is 4.08. The molecule has 180 valence electrons. The lowest BCUT2D eigenvalue weighted by Crippen LogP contribution is -2.51. The fourth-order valence-corrected chi connectivity index (χ4v) is 6.70. The van der Waals surface area contributed by atoms with E-state index < -0.39 is 0 Å². The zero-order valence-corrected chi connectivity index (χ0v) is 20.0. The van der Waals surface area contributed by atoms with E-state index in [1.165, 1.54) is 40.6 Å². The summed E-state index contributed by atoms with van der Waals surface area (Å²) in [6.45, 7) is 0. The summed E-state index contributed by atoms with van der Waals surface area (Å²) in [4.78, 5) is 26.1. The average molecular weight is 465 g/mol. The summed E-state index contributed by atoms with van der Waals surface area (Å²) in [6.07, 6.45) is 7.04. The number of methoxy groups -OCH3 is 3. The molecule has 0 atom stereocenters. The van der Waals surface area contributed by atoms with Gasteiger partial charge in [-0.1, -0.05) is 0 Å². The van der Waals surface area contributed by atoms with Crippen molar-refractivity contribution in [2.75, 3.05) is 32.0 Å². The molecule has 0 radical (unpaired) electrons. The molecule has 2 aromatic rings. The summed E-state index contributed by atoms with van der Waals surface area (Å²) in [5, 5.41) is 6.04. The van der Waals surface area contributed by atoms with E-state index in [9.17, 15) is 9.59 Å². The third-order valence-electron chi connectivity index (χ3n) is 7.85. The lowest BCUT2D eigenvalue weighted by atomic mass is 9.49. The van der Waals surface area contributed by atoms with Gasteiger partial charge in [0.25, 0.3) is 5.91 Å². The highest BCUT2D eigenvalue weighted by molar-refractivity contribution is 6.05. The van der Waals surface area contributed by atoms with Gasteiger partial charge in [-0.3, -0.25) is 9.59 Å². The van der Waals surface area contributed by atoms with E-state index in [-0.39, 0.29) is 17.2 Å². The number of nitrogens with one attached hydrogen (secondary N) is 2. The van der Waals surface area contributed by atoms with Crippen LogP contribution in [0, 0.1) is 23.2 Å². The van der Waals surface area contributed by atoms with E-state index in [1.807, 2.05) is 12.1 Å². The molecule has 2 N–H and O–H groups in total. The van der Waals surface area contributed by atoms with Crippen molar-refractivity contribution >= 4 is 23.2 Å². The Morgan fingerprint density at radius 3 is 1.68 bits per heavy atom. The molecule has 2 aromatic carbocycles. The first-order valence-corrected chi connectivity index (χ1v) is 12.0. The molecule has 2 amide bonds. The van der Waals surface area contributed by atoms with Gasteiger partial charge < -0.3 is 24.8 Å². The van der Waals surface area contributed by atoms with Crippen LogP contribution in [0.3, 0.4) is 0 Å². The van der Waals surface area contributed by atoms with Gasteiger partial charge in [0.2, 0.25) is 11.7 Å². The van der Waals surface area contributed by atoms with Gasteiger partial charge in [0.05, 0.1) is 26.7 Å². The van der Waals surface area contributed by atoms with E-state index in [0.717, 1.165) is 42.7 Å². The monoisotopic (exact) mass is 464 g/mol. The highest BCUT2D eigenvalue weighted by Gasteiger charge is 2.54. The van der Waals surface area contributed by atoms with Crippen LogP contribution >= 0.6 is 0 Å². The standard InChI is InChI=1S/C27H32N2O5/c1-32-22-11-19(12-23(33-2)24(22)34-3)25(30)28-20-4-6-21(7-5-20)29-26(31)27-13-16-8-17(14-27)10-18(9-16)15-27/h4-7,11-12,16-18H,8-10,13-15H2,1-3H3,(H,28,30)(H,29,31). The normalized spacial score (nSPS) is 26.6. The summed E-state index contributed by atoms with van der Waals surface area (Å²) < 4.78 is 16.0. The maximum absolute atomic E-state index is 13.3. The molecular weight excluding hydrogens is 432 g/mol. The first kappa shape index (κ1) is 22.6. The molecular formula is C27H32N2O5. The second kappa shape index (κ2) is 8.85. The Morgan fingerprint density at radius 1 is 0.765 bits per heavy atom. The lowest BCUT2D eigenvalue weighted by molar-refractivity contribution is -0.140. The highest BCUT2D eigenvalue weighted by atomic mass is 16.5. The molecule has 0 saturated heterocycles. The molecule has 4 fully saturated rings. The minimum absolute atomic E-state index is 0.167. The fourth-order valence-electron chi connectivity index (χ4n) is 6.70. The number of anilines is 2. The molecule has 0 unspecified atom stereocenters. The van der Waals surface area contributed by atoms with Crippen LogP contribution in [0.2, 0.25) is 0 Å². The molecule has 7 heteroatoms. The van der Waals surface area contributed by atoms with Gasteiger partial charge in [-0.2, -0.15) is 0 Å². The summed E-state index contributed by atoms with van der Waals surface area (Å²) in [7, 11) is 4.54. The van der Waals surface area contributed by atoms with Crippen molar-refractivity contribution in [2.45, 2.75) is 38.5 Å². The van der Waals surface area contributed by atoms with Gasteiger partial charge in [0.1, 0.15) is 0 Å². The van der Waals surface area contributed by atoms with Gasteiger partial charge in [-0.15, -0.1) is 0 Å². The van der Waals surface area contributed by atoms with Gasteiger partial charge in [-0.25, -0.2) is 0 Å². The zero-order valence-electron chi connectivity index (χ0n) is 20.0. The van der Waals surface area contributed by atoms with E-state index in [1.54, 1.807) is 24.3 Å². The summed E-state index contributed by atoms with van der Waals surface area (Å²) in [5.41, 5.74) is 1.58. The van der Waals surface area contributed by atoms with Crippen LogP contribution in [-0.4, -0.2) is 33.1 Å². The van der Waals surface area contributed by atoms with E-state index in [2.05, 4.69) is 10.6 Å². The molecule has 4 aliphatic carbocycles. The molecule has 34 heavy (non-hydrogen) atoms. The maximum Gasteiger partial charge on any atom is 0.255 e. The Labute approximate surface area is 200 Å². The van der Waals surface area contributed by atoms with Crippen LogP contribution in [0.25, 0.3) is 0 Å². The number of carbonyl (C=O) groups excluding carboxylic acids is 2. The Balaban J connectivity index is 1.25. The van der Waals surface area contributed by atoms with E-state index >= 15 is 0 Å². The third-order valence-corrected chi connectivity index (χ3v) is 7.85. The largest absolute Gasteiger partial charge is 0.493 e. The minimum Gasteiger partial charge on any atom is -0.493 e. The predicted octanol–water partition coefficient (Wildman–Crippen LogP) is 5.12. The van der Waals surface area contributed by atoms with Crippen LogP contribution < -0.4 is 24.8 Å². The zero-order chi connectivity index (χ0) is 23.9. The van der Waals surface area contributed by atoms with Crippen LogP contribution in [0.1, 0.15) is 48.9 Å². The molecule has 0 heterocycles. The maximum atomic E-state index is 13.3. The van der Waals surface area contributed by atoms with E-state index in [0.29, 0.717) is 28.5 Å². The Hall–Kier alpha value is -3.22. The highest BCUT2D eigenvalue weighted by Crippen LogP contribution is 2.60. The molecule has 0 aromatic heterocycles. The van der Waals surface area contributed by atoms with Gasteiger partial charge in [0, 0.05) is 16.9 Å². The number of carbonyl (C=O) groups is 2.